The first-order valence-corrected chi connectivity index (χ1v) is 11.2. The molecule has 0 unspecified atom stereocenters. The lowest BCUT2D eigenvalue weighted by Crippen LogP contribution is -2.45. The van der Waals surface area contributed by atoms with Gasteiger partial charge in [-0.1, -0.05) is 24.6 Å². The van der Waals surface area contributed by atoms with Gasteiger partial charge in [-0.2, -0.15) is 0 Å². The average Bonchev–Trinajstić information content (AvgIpc) is 3.01. The zero-order chi connectivity index (χ0) is 21.6. The summed E-state index contributed by atoms with van der Waals surface area (Å²) in [6, 6.07) is 12.5. The molecule has 1 atom stereocenters. The number of hydrogen-bond acceptors (Lipinski definition) is 4. The lowest BCUT2D eigenvalue weighted by atomic mass is 9.79. The zero-order valence-electron chi connectivity index (χ0n) is 18.5. The van der Waals surface area contributed by atoms with Gasteiger partial charge >= 0.3 is 0 Å². The Hall–Kier alpha value is -2.53. The summed E-state index contributed by atoms with van der Waals surface area (Å²) < 4.78 is 0. The highest BCUT2D eigenvalue weighted by atomic mass is 32.2. The number of benzene rings is 2. The molecule has 2 heterocycles. The minimum Gasteiger partial charge on any atom is -0.369 e. The van der Waals surface area contributed by atoms with Crippen molar-refractivity contribution in [3.63, 3.8) is 0 Å². The molecule has 0 bridgehead atoms. The van der Waals surface area contributed by atoms with E-state index in [0.717, 1.165) is 17.7 Å². The number of amidine groups is 1. The van der Waals surface area contributed by atoms with E-state index < -0.39 is 0 Å². The molecule has 1 amide bonds. The summed E-state index contributed by atoms with van der Waals surface area (Å²) in [6.07, 6.45) is 3.11. The van der Waals surface area contributed by atoms with Crippen molar-refractivity contribution < 1.29 is 4.79 Å². The Labute approximate surface area is 183 Å². The third-order valence-corrected chi connectivity index (χ3v) is 7.13. The molecule has 1 N–H and O–H groups in total. The molecule has 0 saturated carbocycles. The average molecular weight is 420 g/mol. The van der Waals surface area contributed by atoms with Gasteiger partial charge in [-0.3, -0.25) is 4.79 Å². The van der Waals surface area contributed by atoms with E-state index in [1.165, 1.54) is 34.1 Å². The van der Waals surface area contributed by atoms with Gasteiger partial charge < -0.3 is 10.2 Å². The molecule has 30 heavy (non-hydrogen) atoms. The van der Waals surface area contributed by atoms with Crippen molar-refractivity contribution >= 4 is 40.3 Å². The molecule has 5 heteroatoms. The normalized spacial score (nSPS) is 23.1. The number of amides is 1. The van der Waals surface area contributed by atoms with Crippen molar-refractivity contribution in [2.75, 3.05) is 11.9 Å². The summed E-state index contributed by atoms with van der Waals surface area (Å²) in [7, 11) is 2.18. The second-order valence-electron chi connectivity index (χ2n) is 9.06. The maximum atomic E-state index is 12.5. The van der Waals surface area contributed by atoms with E-state index in [9.17, 15) is 4.79 Å². The summed E-state index contributed by atoms with van der Waals surface area (Å²) in [4.78, 5) is 20.2. The number of rotatable bonds is 2. The van der Waals surface area contributed by atoms with E-state index >= 15 is 0 Å². The van der Waals surface area contributed by atoms with E-state index in [2.05, 4.69) is 62.1 Å². The molecule has 156 valence electrons. The predicted octanol–water partition coefficient (Wildman–Crippen LogP) is 5.92. The summed E-state index contributed by atoms with van der Waals surface area (Å²) in [5.74, 6) is 0.391. The predicted molar refractivity (Wildman–Crippen MR) is 129 cm³/mol. The first kappa shape index (κ1) is 20.7. The van der Waals surface area contributed by atoms with Gasteiger partial charge in [-0.05, 0) is 98.8 Å². The maximum absolute atomic E-state index is 12.5. The maximum Gasteiger partial charge on any atom is 0.264 e. The van der Waals surface area contributed by atoms with Crippen LogP contribution in [0.25, 0.3) is 6.08 Å². The van der Waals surface area contributed by atoms with Crippen LogP contribution in [-0.4, -0.2) is 23.7 Å². The molecule has 2 aromatic carbocycles. The number of anilines is 1. The summed E-state index contributed by atoms with van der Waals surface area (Å²) in [5.41, 5.74) is 7.09. The topological polar surface area (TPSA) is 44.7 Å². The molecule has 0 radical (unpaired) electrons. The molecular weight excluding hydrogens is 390 g/mol. The SMILES string of the molecule is Cc1ccc(N=C2NC(=O)/C(=C/c3cc4c(cc3C)N(C)C(C)(C)C[C@@H]4C)S2)cc1. The number of carbonyl (C=O) groups is 1. The van der Waals surface area contributed by atoms with E-state index in [0.29, 0.717) is 16.0 Å². The highest BCUT2D eigenvalue weighted by molar-refractivity contribution is 8.18. The van der Waals surface area contributed by atoms with Gasteiger partial charge in [0.1, 0.15) is 0 Å². The van der Waals surface area contributed by atoms with Crippen molar-refractivity contribution in [1.29, 1.82) is 0 Å². The van der Waals surface area contributed by atoms with E-state index in [4.69, 9.17) is 0 Å². The van der Waals surface area contributed by atoms with Crippen molar-refractivity contribution in [2.24, 2.45) is 4.99 Å². The largest absolute Gasteiger partial charge is 0.369 e. The Morgan fingerprint density at radius 1 is 1.20 bits per heavy atom. The minimum absolute atomic E-state index is 0.0886. The van der Waals surface area contributed by atoms with Crippen LogP contribution in [-0.2, 0) is 4.79 Å². The smallest absolute Gasteiger partial charge is 0.264 e. The van der Waals surface area contributed by atoms with E-state index in [1.54, 1.807) is 0 Å². The van der Waals surface area contributed by atoms with Crippen molar-refractivity contribution in [2.45, 2.75) is 52.5 Å². The molecule has 2 aliphatic heterocycles. The number of nitrogens with zero attached hydrogens (tertiary/aromatic N) is 2. The molecule has 0 aromatic heterocycles. The van der Waals surface area contributed by atoms with E-state index in [-0.39, 0.29) is 11.4 Å². The molecule has 0 spiro atoms. The molecule has 1 fully saturated rings. The lowest BCUT2D eigenvalue weighted by Gasteiger charge is -2.45. The van der Waals surface area contributed by atoms with E-state index in [1.807, 2.05) is 37.3 Å². The molecule has 0 aliphatic carbocycles. The van der Waals surface area contributed by atoms with Crippen LogP contribution in [0.1, 0.15) is 55.4 Å². The van der Waals surface area contributed by atoms with Crippen LogP contribution in [0.3, 0.4) is 0 Å². The van der Waals surface area contributed by atoms with Crippen molar-refractivity contribution in [3.8, 4) is 0 Å². The standard InChI is InChI=1S/C25H29N3OS/c1-15-7-9-19(10-8-15)26-24-27-23(29)22(30-24)13-18-12-20-17(3)14-25(4,5)28(6)21(20)11-16(18)2/h7-13,17H,14H2,1-6H3,(H,26,27,29)/b22-13-/t17-/m0/s1. The third kappa shape index (κ3) is 3.91. The number of hydrogen-bond donors (Lipinski definition) is 1. The van der Waals surface area contributed by atoms with Crippen LogP contribution in [0.4, 0.5) is 11.4 Å². The second-order valence-corrected chi connectivity index (χ2v) is 10.1. The fraction of sp³-hybridized carbons (Fsp3) is 0.360. The number of aliphatic imine (C=N–C) groups is 1. The van der Waals surface area contributed by atoms with Gasteiger partial charge in [0.2, 0.25) is 0 Å². The summed E-state index contributed by atoms with van der Waals surface area (Å²) >= 11 is 1.40. The van der Waals surface area contributed by atoms with Gasteiger partial charge in [0.05, 0.1) is 10.6 Å². The zero-order valence-corrected chi connectivity index (χ0v) is 19.4. The third-order valence-electron chi connectivity index (χ3n) is 6.22. The molecule has 4 rings (SSSR count). The Morgan fingerprint density at radius 2 is 1.90 bits per heavy atom. The van der Waals surface area contributed by atoms with Crippen molar-refractivity contribution in [3.05, 3.63) is 63.6 Å². The van der Waals surface area contributed by atoms with Crippen LogP contribution in [0.5, 0.6) is 0 Å². The van der Waals surface area contributed by atoms with Crippen LogP contribution >= 0.6 is 11.8 Å². The number of fused-ring (bicyclic) bond motifs is 1. The Kier molecular flexibility index (Phi) is 5.27. The molecule has 1 saturated heterocycles. The number of thioether (sulfide) groups is 1. The fourth-order valence-electron chi connectivity index (χ4n) is 4.25. The second kappa shape index (κ2) is 7.62. The molecule has 2 aliphatic rings. The van der Waals surface area contributed by atoms with Gasteiger partial charge in [0.25, 0.3) is 5.91 Å². The Morgan fingerprint density at radius 3 is 2.60 bits per heavy atom. The molecular formula is C25H29N3OS. The van der Waals surface area contributed by atoms with Crippen LogP contribution < -0.4 is 10.2 Å². The van der Waals surface area contributed by atoms with Crippen LogP contribution in [0, 0.1) is 13.8 Å². The molecule has 2 aromatic rings. The quantitative estimate of drug-likeness (QED) is 0.615. The van der Waals surface area contributed by atoms with Gasteiger partial charge in [0.15, 0.2) is 5.17 Å². The van der Waals surface area contributed by atoms with Gasteiger partial charge in [0, 0.05) is 18.3 Å². The van der Waals surface area contributed by atoms with Gasteiger partial charge in [-0.15, -0.1) is 0 Å². The lowest BCUT2D eigenvalue weighted by molar-refractivity contribution is -0.115. The first-order chi connectivity index (χ1) is 14.1. The number of aryl methyl sites for hydroxylation is 2. The van der Waals surface area contributed by atoms with Crippen LogP contribution in [0.2, 0.25) is 0 Å². The van der Waals surface area contributed by atoms with Crippen molar-refractivity contribution in [1.82, 2.24) is 5.32 Å². The van der Waals surface area contributed by atoms with Gasteiger partial charge in [-0.25, -0.2) is 4.99 Å². The Balaban J connectivity index is 1.64. The highest BCUT2D eigenvalue weighted by Gasteiger charge is 2.34. The molecule has 4 nitrogen and oxygen atoms in total. The summed E-state index contributed by atoms with van der Waals surface area (Å²) in [5, 5.41) is 3.52. The first-order valence-electron chi connectivity index (χ1n) is 10.4. The fourth-order valence-corrected chi connectivity index (χ4v) is 5.08. The highest BCUT2D eigenvalue weighted by Crippen LogP contribution is 2.44. The number of nitrogens with one attached hydrogen (secondary N) is 1. The monoisotopic (exact) mass is 419 g/mol. The summed E-state index contributed by atoms with van der Waals surface area (Å²) in [6.45, 7) is 11.1. The Bertz CT molecular complexity index is 1070. The van der Waals surface area contributed by atoms with Crippen LogP contribution in [0.15, 0.2) is 46.3 Å². The number of carbonyl (C=O) groups excluding carboxylic acids is 1. The minimum atomic E-state index is -0.0886.